The quantitative estimate of drug-likeness (QED) is 0.893. The molecule has 19 heavy (non-hydrogen) atoms. The number of hydrogen-bond acceptors (Lipinski definition) is 2. The van der Waals surface area contributed by atoms with Gasteiger partial charge >= 0.3 is 0 Å². The zero-order valence-corrected chi connectivity index (χ0v) is 11.1. The summed E-state index contributed by atoms with van der Waals surface area (Å²) in [7, 11) is 0. The topological polar surface area (TPSA) is 35.8 Å². The van der Waals surface area contributed by atoms with Crippen LogP contribution in [-0.2, 0) is 0 Å². The molecule has 1 N–H and O–H groups in total. The second-order valence-electron chi connectivity index (χ2n) is 4.16. The van der Waals surface area contributed by atoms with Crippen molar-refractivity contribution in [2.45, 2.75) is 13.0 Å². The first kappa shape index (κ1) is 13.4. The molecule has 0 heterocycles. The minimum atomic E-state index is -0.529. The second-order valence-corrected chi connectivity index (χ2v) is 4.57. The standard InChI is InChI=1S/C15H12ClFN2/c1-10(11-5-2-3-6-13(11)16)19-15-8-4-7-14(17)12(15)9-18/h2-8,10,19H,1H3. The molecular formula is C15H12ClFN2. The van der Waals surface area contributed by atoms with Crippen molar-refractivity contribution < 1.29 is 4.39 Å². The highest BCUT2D eigenvalue weighted by Gasteiger charge is 2.13. The van der Waals surface area contributed by atoms with E-state index in [9.17, 15) is 4.39 Å². The van der Waals surface area contributed by atoms with Crippen LogP contribution in [0, 0.1) is 17.1 Å². The van der Waals surface area contributed by atoms with E-state index in [0.29, 0.717) is 10.7 Å². The molecule has 0 aliphatic carbocycles. The summed E-state index contributed by atoms with van der Waals surface area (Å²) < 4.78 is 13.5. The van der Waals surface area contributed by atoms with Crippen molar-refractivity contribution in [1.82, 2.24) is 0 Å². The van der Waals surface area contributed by atoms with E-state index >= 15 is 0 Å². The van der Waals surface area contributed by atoms with Crippen molar-refractivity contribution in [3.8, 4) is 6.07 Å². The molecule has 0 aliphatic rings. The van der Waals surface area contributed by atoms with E-state index in [4.69, 9.17) is 16.9 Å². The number of hydrogen-bond donors (Lipinski definition) is 1. The van der Waals surface area contributed by atoms with Crippen molar-refractivity contribution >= 4 is 17.3 Å². The Balaban J connectivity index is 2.30. The third-order valence-corrected chi connectivity index (χ3v) is 3.21. The Morgan fingerprint density at radius 1 is 1.21 bits per heavy atom. The van der Waals surface area contributed by atoms with Crippen molar-refractivity contribution in [2.24, 2.45) is 0 Å². The summed E-state index contributed by atoms with van der Waals surface area (Å²) in [5.74, 6) is -0.529. The predicted molar refractivity (Wildman–Crippen MR) is 74.6 cm³/mol. The van der Waals surface area contributed by atoms with Gasteiger partial charge in [-0.1, -0.05) is 35.9 Å². The molecule has 0 bridgehead atoms. The normalized spacial score (nSPS) is 11.7. The van der Waals surface area contributed by atoms with E-state index in [-0.39, 0.29) is 11.6 Å². The number of anilines is 1. The molecule has 0 saturated heterocycles. The van der Waals surface area contributed by atoms with Crippen LogP contribution < -0.4 is 5.32 Å². The highest BCUT2D eigenvalue weighted by molar-refractivity contribution is 6.31. The van der Waals surface area contributed by atoms with Gasteiger partial charge in [-0.3, -0.25) is 0 Å². The lowest BCUT2D eigenvalue weighted by Gasteiger charge is -2.17. The maximum atomic E-state index is 13.5. The van der Waals surface area contributed by atoms with Gasteiger partial charge in [0, 0.05) is 5.02 Å². The molecule has 0 aliphatic heterocycles. The lowest BCUT2D eigenvalue weighted by atomic mass is 10.1. The smallest absolute Gasteiger partial charge is 0.143 e. The van der Waals surface area contributed by atoms with Gasteiger partial charge in [-0.25, -0.2) is 4.39 Å². The summed E-state index contributed by atoms with van der Waals surface area (Å²) in [4.78, 5) is 0. The van der Waals surface area contributed by atoms with Gasteiger partial charge in [-0.2, -0.15) is 5.26 Å². The molecular weight excluding hydrogens is 263 g/mol. The summed E-state index contributed by atoms with van der Waals surface area (Å²) in [6.45, 7) is 1.91. The summed E-state index contributed by atoms with van der Waals surface area (Å²) in [6, 6.07) is 13.7. The van der Waals surface area contributed by atoms with Gasteiger partial charge in [-0.15, -0.1) is 0 Å². The number of rotatable bonds is 3. The molecule has 4 heteroatoms. The molecule has 0 aromatic heterocycles. The number of benzene rings is 2. The van der Waals surface area contributed by atoms with E-state index in [1.165, 1.54) is 6.07 Å². The van der Waals surface area contributed by atoms with Crippen LogP contribution in [0.4, 0.5) is 10.1 Å². The van der Waals surface area contributed by atoms with Crippen molar-refractivity contribution in [1.29, 1.82) is 5.26 Å². The maximum Gasteiger partial charge on any atom is 0.143 e. The highest BCUT2D eigenvalue weighted by atomic mass is 35.5. The average molecular weight is 275 g/mol. The van der Waals surface area contributed by atoms with E-state index in [0.717, 1.165) is 5.56 Å². The van der Waals surface area contributed by atoms with E-state index in [1.54, 1.807) is 18.2 Å². The van der Waals surface area contributed by atoms with E-state index in [1.807, 2.05) is 31.2 Å². The Morgan fingerprint density at radius 2 is 1.95 bits per heavy atom. The summed E-state index contributed by atoms with van der Waals surface area (Å²) in [5.41, 5.74) is 1.38. The zero-order chi connectivity index (χ0) is 13.8. The summed E-state index contributed by atoms with van der Waals surface area (Å²) >= 11 is 6.11. The molecule has 0 amide bonds. The Hall–Kier alpha value is -2.05. The van der Waals surface area contributed by atoms with Crippen LogP contribution in [0.15, 0.2) is 42.5 Å². The minimum absolute atomic E-state index is 0.0152. The molecule has 1 unspecified atom stereocenters. The molecule has 1 atom stereocenters. The van der Waals surface area contributed by atoms with Gasteiger partial charge in [0.05, 0.1) is 11.7 Å². The molecule has 2 aromatic carbocycles. The van der Waals surface area contributed by atoms with Crippen molar-refractivity contribution in [3.05, 3.63) is 64.4 Å². The van der Waals surface area contributed by atoms with Gasteiger partial charge in [0.2, 0.25) is 0 Å². The van der Waals surface area contributed by atoms with Gasteiger partial charge in [0.25, 0.3) is 0 Å². The largest absolute Gasteiger partial charge is 0.377 e. The van der Waals surface area contributed by atoms with Gasteiger partial charge in [0.1, 0.15) is 17.4 Å². The van der Waals surface area contributed by atoms with Crippen LogP contribution in [0.1, 0.15) is 24.1 Å². The molecule has 0 saturated carbocycles. The monoisotopic (exact) mass is 274 g/mol. The maximum absolute atomic E-state index is 13.5. The van der Waals surface area contributed by atoms with E-state index < -0.39 is 5.82 Å². The molecule has 0 fully saturated rings. The minimum Gasteiger partial charge on any atom is -0.377 e. The zero-order valence-electron chi connectivity index (χ0n) is 10.3. The SMILES string of the molecule is CC(Nc1cccc(F)c1C#N)c1ccccc1Cl. The first-order chi connectivity index (χ1) is 9.13. The second kappa shape index (κ2) is 5.73. The summed E-state index contributed by atoms with van der Waals surface area (Å²) in [6.07, 6.45) is 0. The molecule has 2 nitrogen and oxygen atoms in total. The van der Waals surface area contributed by atoms with Crippen LogP contribution in [-0.4, -0.2) is 0 Å². The Morgan fingerprint density at radius 3 is 2.63 bits per heavy atom. The Bertz CT molecular complexity index is 634. The summed E-state index contributed by atoms with van der Waals surface area (Å²) in [5, 5.41) is 12.7. The molecule has 2 aromatic rings. The van der Waals surface area contributed by atoms with Gasteiger partial charge in [0.15, 0.2) is 0 Å². The van der Waals surface area contributed by atoms with Crippen LogP contribution in [0.3, 0.4) is 0 Å². The molecule has 96 valence electrons. The lowest BCUT2D eigenvalue weighted by molar-refractivity contribution is 0.624. The first-order valence-electron chi connectivity index (χ1n) is 5.83. The fourth-order valence-electron chi connectivity index (χ4n) is 1.90. The van der Waals surface area contributed by atoms with Crippen LogP contribution in [0.2, 0.25) is 5.02 Å². The lowest BCUT2D eigenvalue weighted by Crippen LogP contribution is -2.09. The first-order valence-corrected chi connectivity index (χ1v) is 6.21. The van der Waals surface area contributed by atoms with Crippen molar-refractivity contribution in [3.63, 3.8) is 0 Å². The van der Waals surface area contributed by atoms with Crippen molar-refractivity contribution in [2.75, 3.05) is 5.32 Å². The van der Waals surface area contributed by atoms with Crippen LogP contribution in [0.5, 0.6) is 0 Å². The number of halogens is 2. The van der Waals surface area contributed by atoms with Gasteiger partial charge in [-0.05, 0) is 30.7 Å². The Kier molecular flexibility index (Phi) is 4.03. The van der Waals surface area contributed by atoms with Gasteiger partial charge < -0.3 is 5.32 Å². The fourth-order valence-corrected chi connectivity index (χ4v) is 2.19. The molecule has 0 spiro atoms. The average Bonchev–Trinajstić information content (AvgIpc) is 2.39. The number of nitrogens with one attached hydrogen (secondary N) is 1. The predicted octanol–water partition coefficient (Wildman–Crippen LogP) is 4.52. The Labute approximate surface area is 116 Å². The van der Waals surface area contributed by atoms with E-state index in [2.05, 4.69) is 5.32 Å². The fraction of sp³-hybridized carbons (Fsp3) is 0.133. The number of nitrogens with zero attached hydrogens (tertiary/aromatic N) is 1. The highest BCUT2D eigenvalue weighted by Crippen LogP contribution is 2.27. The van der Waals surface area contributed by atoms with Crippen LogP contribution in [0.25, 0.3) is 0 Å². The molecule has 2 rings (SSSR count). The number of nitriles is 1. The molecule has 0 radical (unpaired) electrons. The third kappa shape index (κ3) is 2.86. The third-order valence-electron chi connectivity index (χ3n) is 2.87. The van der Waals surface area contributed by atoms with Crippen LogP contribution >= 0.6 is 11.6 Å².